The van der Waals surface area contributed by atoms with Crippen molar-refractivity contribution >= 4 is 33.6 Å². The van der Waals surface area contributed by atoms with E-state index in [0.717, 1.165) is 18.8 Å². The Morgan fingerprint density at radius 3 is 2.17 bits per heavy atom. The quantitative estimate of drug-likeness (QED) is 0.146. The lowest BCUT2D eigenvalue weighted by Gasteiger charge is -2.12. The normalized spacial score (nSPS) is 10.9. The molecule has 0 aliphatic rings. The van der Waals surface area contributed by atoms with Crippen molar-refractivity contribution in [2.45, 2.75) is 32.9 Å². The maximum absolute atomic E-state index is 10.3. The molecule has 0 spiro atoms. The minimum Gasteiger partial charge on any atom is -0.744 e. The van der Waals surface area contributed by atoms with Crippen molar-refractivity contribution in [1.82, 2.24) is 0 Å². The number of hydrogen-bond acceptors (Lipinski definition) is 6. The minimum atomic E-state index is -4.25. The average Bonchev–Trinajstić information content (AvgIpc) is 2.88. The number of ether oxygens (including phenoxy) is 1. The number of pyridine rings is 1. The highest BCUT2D eigenvalue weighted by molar-refractivity contribution is 8.02. The van der Waals surface area contributed by atoms with Crippen molar-refractivity contribution in [2.24, 2.45) is 7.05 Å². The van der Waals surface area contributed by atoms with Gasteiger partial charge in [-0.2, -0.15) is 0 Å². The predicted molar refractivity (Wildman–Crippen MR) is 146 cm³/mol. The van der Waals surface area contributed by atoms with Crippen LogP contribution < -0.4 is 9.30 Å². The number of aromatic nitrogens is 1. The van der Waals surface area contributed by atoms with E-state index in [2.05, 4.69) is 85.7 Å². The monoisotopic (exact) mass is 539 g/mol. The van der Waals surface area contributed by atoms with Crippen LogP contribution in [-0.2, 0) is 17.2 Å². The molecule has 36 heavy (non-hydrogen) atoms. The number of nitrogens with zero attached hydrogens (tertiary/aromatic N) is 1. The molecule has 0 saturated carbocycles. The first-order valence-corrected chi connectivity index (χ1v) is 14.8. The van der Waals surface area contributed by atoms with Crippen molar-refractivity contribution in [3.63, 3.8) is 0 Å². The smallest absolute Gasteiger partial charge is 0.183 e. The van der Waals surface area contributed by atoms with E-state index in [4.69, 9.17) is 4.74 Å². The number of thioether (sulfide) groups is 1. The van der Waals surface area contributed by atoms with E-state index in [-0.39, 0.29) is 4.90 Å². The second kappa shape index (κ2) is 13.5. The summed E-state index contributed by atoms with van der Waals surface area (Å²) in [6, 6.07) is 26.1. The second-order valence-electron chi connectivity index (χ2n) is 7.79. The van der Waals surface area contributed by atoms with Gasteiger partial charge in [0.2, 0.25) is 0 Å². The van der Waals surface area contributed by atoms with Gasteiger partial charge >= 0.3 is 0 Å². The number of benzene rings is 3. The van der Waals surface area contributed by atoms with Crippen LogP contribution in [0.15, 0.2) is 117 Å². The van der Waals surface area contributed by atoms with Crippen LogP contribution in [0.1, 0.15) is 13.3 Å². The Kier molecular flexibility index (Phi) is 10.4. The molecule has 4 rings (SSSR count). The van der Waals surface area contributed by atoms with E-state index < -0.39 is 10.1 Å². The van der Waals surface area contributed by atoms with Crippen LogP contribution in [0, 0.1) is 0 Å². The molecule has 0 amide bonds. The van der Waals surface area contributed by atoms with Crippen LogP contribution in [0.3, 0.4) is 0 Å². The summed E-state index contributed by atoms with van der Waals surface area (Å²) in [5, 5.41) is 0. The molecule has 0 fully saturated rings. The molecule has 0 aliphatic carbocycles. The maximum Gasteiger partial charge on any atom is 0.183 e. The minimum absolute atomic E-state index is 0.185. The van der Waals surface area contributed by atoms with Gasteiger partial charge in [-0.1, -0.05) is 67.2 Å². The standard InChI is InChI=1S/C22H24NOS2.C6H6O3S/c1-4-13-24-18-10-8-9-17(14-18)20-15-23(2)16-21(22(20)25-3)26-19-11-6-5-7-12-19;7-10(8,9)6-4-2-1-3-5-6/h5-12,14-16H,4,13H2,1-3H3;1-5H,(H,7,8,9)/q+1;/p-1. The van der Waals surface area contributed by atoms with Crippen molar-refractivity contribution < 1.29 is 22.3 Å². The molecule has 0 bridgehead atoms. The van der Waals surface area contributed by atoms with Gasteiger partial charge in [0.25, 0.3) is 0 Å². The Morgan fingerprint density at radius 1 is 0.917 bits per heavy atom. The third-order valence-electron chi connectivity index (χ3n) is 4.95. The molecular formula is C28H29NO4S3. The fourth-order valence-corrected chi connectivity index (χ4v) is 5.82. The highest BCUT2D eigenvalue weighted by Crippen LogP contribution is 2.40. The van der Waals surface area contributed by atoms with E-state index in [1.807, 2.05) is 6.07 Å². The van der Waals surface area contributed by atoms with Gasteiger partial charge in [0.05, 0.1) is 22.0 Å². The van der Waals surface area contributed by atoms with Gasteiger partial charge < -0.3 is 9.29 Å². The molecule has 8 heteroatoms. The molecule has 1 heterocycles. The molecule has 188 valence electrons. The van der Waals surface area contributed by atoms with E-state index >= 15 is 0 Å². The van der Waals surface area contributed by atoms with Crippen LogP contribution in [0.5, 0.6) is 5.75 Å². The van der Waals surface area contributed by atoms with E-state index in [9.17, 15) is 13.0 Å². The lowest BCUT2D eigenvalue weighted by Crippen LogP contribution is -2.27. The van der Waals surface area contributed by atoms with Gasteiger partial charge in [-0.15, -0.1) is 11.8 Å². The summed E-state index contributed by atoms with van der Waals surface area (Å²) in [7, 11) is -2.17. The molecule has 0 unspecified atom stereocenters. The molecule has 0 aliphatic heterocycles. The van der Waals surface area contributed by atoms with E-state index in [0.29, 0.717) is 0 Å². The number of rotatable bonds is 8. The third kappa shape index (κ3) is 8.13. The van der Waals surface area contributed by atoms with Crippen LogP contribution in [-0.4, -0.2) is 25.8 Å². The first-order valence-electron chi connectivity index (χ1n) is 11.4. The lowest BCUT2D eigenvalue weighted by atomic mass is 10.1. The van der Waals surface area contributed by atoms with Crippen molar-refractivity contribution in [3.05, 3.63) is 97.3 Å². The number of aryl methyl sites for hydroxylation is 1. The summed E-state index contributed by atoms with van der Waals surface area (Å²) in [5.41, 5.74) is 2.43. The van der Waals surface area contributed by atoms with Gasteiger partial charge in [-0.3, -0.25) is 0 Å². The Morgan fingerprint density at radius 2 is 1.58 bits per heavy atom. The highest BCUT2D eigenvalue weighted by Gasteiger charge is 2.17. The molecule has 0 radical (unpaired) electrons. The second-order valence-corrected chi connectivity index (χ2v) is 11.1. The first kappa shape index (κ1) is 27.8. The first-order chi connectivity index (χ1) is 17.3. The zero-order chi connectivity index (χ0) is 26.0. The topological polar surface area (TPSA) is 70.3 Å². The summed E-state index contributed by atoms with van der Waals surface area (Å²) >= 11 is 3.60. The molecule has 1 aromatic heterocycles. The molecule has 0 atom stereocenters. The summed E-state index contributed by atoms with van der Waals surface area (Å²) < 4.78 is 38.8. The SMILES string of the molecule is CCCOc1cccc(-c2c[n+](C)cc(Sc3ccccc3)c2SC)c1.O=S(=O)([O-])c1ccccc1. The summed E-state index contributed by atoms with van der Waals surface area (Å²) in [4.78, 5) is 3.63. The van der Waals surface area contributed by atoms with Crippen LogP contribution >= 0.6 is 23.5 Å². The molecule has 0 N–H and O–H groups in total. The Balaban J connectivity index is 0.000000303. The molecule has 4 aromatic rings. The predicted octanol–water partition coefficient (Wildman–Crippen LogP) is 6.43. The zero-order valence-electron chi connectivity index (χ0n) is 20.5. The zero-order valence-corrected chi connectivity index (χ0v) is 22.9. The summed E-state index contributed by atoms with van der Waals surface area (Å²) in [6.45, 7) is 2.87. The molecule has 3 aromatic carbocycles. The van der Waals surface area contributed by atoms with Crippen LogP contribution in [0.2, 0.25) is 0 Å². The Bertz CT molecular complexity index is 1360. The molecule has 5 nitrogen and oxygen atoms in total. The average molecular weight is 540 g/mol. The molecular weight excluding hydrogens is 511 g/mol. The molecule has 0 saturated heterocycles. The van der Waals surface area contributed by atoms with E-state index in [1.165, 1.54) is 50.1 Å². The van der Waals surface area contributed by atoms with Crippen molar-refractivity contribution in [2.75, 3.05) is 12.9 Å². The lowest BCUT2D eigenvalue weighted by molar-refractivity contribution is -0.673. The van der Waals surface area contributed by atoms with Crippen molar-refractivity contribution in [3.8, 4) is 16.9 Å². The Hall–Kier alpha value is -2.78. The fourth-order valence-electron chi connectivity index (χ4n) is 3.34. The van der Waals surface area contributed by atoms with Crippen LogP contribution in [0.25, 0.3) is 11.1 Å². The number of hydrogen-bond donors (Lipinski definition) is 0. The van der Waals surface area contributed by atoms with Gasteiger partial charge in [-0.05, 0) is 54.6 Å². The third-order valence-corrected chi connectivity index (χ3v) is 7.81. The fraction of sp³-hybridized carbons (Fsp3) is 0.179. The van der Waals surface area contributed by atoms with Crippen molar-refractivity contribution in [1.29, 1.82) is 0 Å². The van der Waals surface area contributed by atoms with Gasteiger partial charge in [0, 0.05) is 9.79 Å². The Labute approximate surface area is 222 Å². The van der Waals surface area contributed by atoms with E-state index in [1.54, 1.807) is 29.6 Å². The van der Waals surface area contributed by atoms with Crippen LogP contribution in [0.4, 0.5) is 0 Å². The summed E-state index contributed by atoms with van der Waals surface area (Å²) in [6.07, 6.45) is 7.55. The summed E-state index contributed by atoms with van der Waals surface area (Å²) in [5.74, 6) is 0.931. The highest BCUT2D eigenvalue weighted by atomic mass is 32.2. The van der Waals surface area contributed by atoms with Gasteiger partial charge in [0.1, 0.15) is 22.9 Å². The largest absolute Gasteiger partial charge is 0.744 e. The van der Waals surface area contributed by atoms with Gasteiger partial charge in [0.15, 0.2) is 12.4 Å². The van der Waals surface area contributed by atoms with Gasteiger partial charge in [-0.25, -0.2) is 13.0 Å². The maximum atomic E-state index is 10.3.